The van der Waals surface area contributed by atoms with Gasteiger partial charge in [-0.1, -0.05) is 17.8 Å². The van der Waals surface area contributed by atoms with Crippen molar-refractivity contribution >= 4 is 23.1 Å². The second-order valence-electron chi connectivity index (χ2n) is 3.84. The molecule has 1 aromatic heterocycles. The van der Waals surface area contributed by atoms with Crippen molar-refractivity contribution in [2.75, 3.05) is 0 Å². The minimum absolute atomic E-state index is 0.148. The molecule has 0 aliphatic rings. The summed E-state index contributed by atoms with van der Waals surface area (Å²) in [5.74, 6) is -0.238. The molecule has 1 atom stereocenters. The third-order valence-corrected chi connectivity index (χ3v) is 4.38. The Kier molecular flexibility index (Phi) is 3.81. The summed E-state index contributed by atoms with van der Waals surface area (Å²) < 4.78 is 14.7. The number of thiazole rings is 1. The van der Waals surface area contributed by atoms with Crippen LogP contribution in [0.3, 0.4) is 0 Å². The van der Waals surface area contributed by atoms with Gasteiger partial charge in [0.25, 0.3) is 0 Å². The van der Waals surface area contributed by atoms with Crippen molar-refractivity contribution in [2.45, 2.75) is 29.1 Å². The molecule has 0 fully saturated rings. The van der Waals surface area contributed by atoms with Crippen molar-refractivity contribution in [3.8, 4) is 0 Å². The fourth-order valence-electron chi connectivity index (χ4n) is 1.36. The summed E-state index contributed by atoms with van der Waals surface area (Å²) in [6.45, 7) is 3.77. The highest BCUT2D eigenvalue weighted by Gasteiger charge is 2.09. The largest absolute Gasteiger partial charge is 0.324 e. The number of rotatable bonds is 3. The first-order valence-electron chi connectivity index (χ1n) is 5.21. The van der Waals surface area contributed by atoms with Gasteiger partial charge in [-0.25, -0.2) is 9.37 Å². The zero-order chi connectivity index (χ0) is 12.4. The third kappa shape index (κ3) is 3.06. The highest BCUT2D eigenvalue weighted by Crippen LogP contribution is 2.32. The lowest BCUT2D eigenvalue weighted by Crippen LogP contribution is -2.05. The van der Waals surface area contributed by atoms with Crippen LogP contribution in [-0.2, 0) is 0 Å². The van der Waals surface area contributed by atoms with Gasteiger partial charge in [-0.05, 0) is 31.5 Å². The number of benzene rings is 1. The van der Waals surface area contributed by atoms with Crippen LogP contribution in [0.15, 0.2) is 32.8 Å². The summed E-state index contributed by atoms with van der Waals surface area (Å²) >= 11 is 2.87. The van der Waals surface area contributed by atoms with Crippen LogP contribution in [-0.4, -0.2) is 4.98 Å². The van der Waals surface area contributed by atoms with E-state index in [1.54, 1.807) is 6.07 Å². The van der Waals surface area contributed by atoms with E-state index in [2.05, 4.69) is 4.98 Å². The maximum atomic E-state index is 13.8. The molecule has 17 heavy (non-hydrogen) atoms. The second-order valence-corrected chi connectivity index (χ2v) is 5.98. The van der Waals surface area contributed by atoms with Crippen LogP contribution in [0.4, 0.5) is 4.39 Å². The number of nitrogens with two attached hydrogens (primary N) is 1. The Morgan fingerprint density at radius 2 is 2.24 bits per heavy atom. The van der Waals surface area contributed by atoms with Crippen LogP contribution < -0.4 is 5.73 Å². The van der Waals surface area contributed by atoms with Gasteiger partial charge in [0, 0.05) is 17.1 Å². The van der Waals surface area contributed by atoms with Crippen LogP contribution in [0.25, 0.3) is 0 Å². The maximum Gasteiger partial charge on any atom is 0.154 e. The first-order chi connectivity index (χ1) is 8.06. The summed E-state index contributed by atoms with van der Waals surface area (Å²) in [6.07, 6.45) is 0. The molecule has 1 unspecified atom stereocenters. The van der Waals surface area contributed by atoms with Crippen LogP contribution in [0.2, 0.25) is 0 Å². The molecule has 0 aliphatic carbocycles. The summed E-state index contributed by atoms with van der Waals surface area (Å²) in [6, 6.07) is 4.96. The Morgan fingerprint density at radius 1 is 1.47 bits per heavy atom. The fraction of sp³-hybridized carbons (Fsp3) is 0.250. The predicted octanol–water partition coefficient (Wildman–Crippen LogP) is 3.76. The van der Waals surface area contributed by atoms with Gasteiger partial charge in [-0.3, -0.25) is 0 Å². The van der Waals surface area contributed by atoms with Crippen molar-refractivity contribution in [3.63, 3.8) is 0 Å². The highest BCUT2D eigenvalue weighted by atomic mass is 32.2. The van der Waals surface area contributed by atoms with Crippen LogP contribution >= 0.6 is 23.1 Å². The van der Waals surface area contributed by atoms with Crippen molar-refractivity contribution in [1.29, 1.82) is 0 Å². The standard InChI is InChI=1S/C12H13FN2S2/c1-7-6-16-12(15-7)17-11-4-3-9(8(2)14)5-10(11)13/h3-6,8H,14H2,1-2H3. The average Bonchev–Trinajstić information content (AvgIpc) is 2.67. The van der Waals surface area contributed by atoms with E-state index >= 15 is 0 Å². The molecule has 1 aromatic carbocycles. The van der Waals surface area contributed by atoms with Crippen LogP contribution in [0, 0.1) is 12.7 Å². The average molecular weight is 268 g/mol. The van der Waals surface area contributed by atoms with E-state index in [0.717, 1.165) is 15.6 Å². The number of hydrogen-bond acceptors (Lipinski definition) is 4. The van der Waals surface area contributed by atoms with Gasteiger partial charge < -0.3 is 5.73 Å². The van der Waals surface area contributed by atoms with E-state index in [9.17, 15) is 4.39 Å². The van der Waals surface area contributed by atoms with Gasteiger partial charge in [0.1, 0.15) is 5.82 Å². The van der Waals surface area contributed by atoms with Gasteiger partial charge in [-0.15, -0.1) is 11.3 Å². The SMILES string of the molecule is Cc1csc(Sc2ccc(C(C)N)cc2F)n1. The van der Waals surface area contributed by atoms with Crippen molar-refractivity contribution in [1.82, 2.24) is 4.98 Å². The molecule has 0 spiro atoms. The molecule has 90 valence electrons. The molecule has 2 N–H and O–H groups in total. The van der Waals surface area contributed by atoms with E-state index in [1.807, 2.05) is 25.3 Å². The Balaban J connectivity index is 2.22. The number of aromatic nitrogens is 1. The second kappa shape index (κ2) is 5.16. The fourth-order valence-corrected chi connectivity index (χ4v) is 3.15. The molecule has 0 amide bonds. The van der Waals surface area contributed by atoms with E-state index in [0.29, 0.717) is 4.90 Å². The van der Waals surface area contributed by atoms with Gasteiger partial charge >= 0.3 is 0 Å². The van der Waals surface area contributed by atoms with Gasteiger partial charge in [0.05, 0.1) is 4.90 Å². The highest BCUT2D eigenvalue weighted by molar-refractivity contribution is 8.01. The first-order valence-corrected chi connectivity index (χ1v) is 6.91. The van der Waals surface area contributed by atoms with E-state index in [-0.39, 0.29) is 11.9 Å². The van der Waals surface area contributed by atoms with Crippen molar-refractivity contribution < 1.29 is 4.39 Å². The molecule has 0 bridgehead atoms. The lowest BCUT2D eigenvalue weighted by Gasteiger charge is -2.07. The third-order valence-electron chi connectivity index (χ3n) is 2.28. The Hall–Kier alpha value is -0.910. The summed E-state index contributed by atoms with van der Waals surface area (Å²) in [5, 5.41) is 1.95. The minimum atomic E-state index is -0.238. The Labute approximate surface area is 108 Å². The van der Waals surface area contributed by atoms with Crippen molar-refractivity contribution in [3.05, 3.63) is 40.7 Å². The molecule has 2 aromatic rings. The number of nitrogens with zero attached hydrogens (tertiary/aromatic N) is 1. The normalized spacial score (nSPS) is 12.7. The topological polar surface area (TPSA) is 38.9 Å². The molecule has 0 saturated heterocycles. The quantitative estimate of drug-likeness (QED) is 0.921. The Morgan fingerprint density at radius 3 is 2.76 bits per heavy atom. The molecule has 2 nitrogen and oxygen atoms in total. The molecule has 5 heteroatoms. The zero-order valence-electron chi connectivity index (χ0n) is 9.61. The van der Waals surface area contributed by atoms with Crippen LogP contribution in [0.1, 0.15) is 24.2 Å². The van der Waals surface area contributed by atoms with E-state index in [4.69, 9.17) is 5.73 Å². The minimum Gasteiger partial charge on any atom is -0.324 e. The van der Waals surface area contributed by atoms with Crippen molar-refractivity contribution in [2.24, 2.45) is 5.73 Å². The molecular weight excluding hydrogens is 255 g/mol. The van der Waals surface area contributed by atoms with E-state index < -0.39 is 0 Å². The molecule has 0 saturated carbocycles. The molecule has 1 heterocycles. The van der Waals surface area contributed by atoms with Gasteiger partial charge in [0.2, 0.25) is 0 Å². The predicted molar refractivity (Wildman–Crippen MR) is 70.0 cm³/mol. The molecule has 2 rings (SSSR count). The summed E-state index contributed by atoms with van der Waals surface area (Å²) in [5.41, 5.74) is 7.48. The number of halogens is 1. The lowest BCUT2D eigenvalue weighted by atomic mass is 10.1. The first kappa shape index (κ1) is 12.5. The zero-order valence-corrected chi connectivity index (χ0v) is 11.2. The molecule has 0 aliphatic heterocycles. The Bertz CT molecular complexity index is 523. The summed E-state index contributed by atoms with van der Waals surface area (Å²) in [4.78, 5) is 4.88. The monoisotopic (exact) mass is 268 g/mol. The number of hydrogen-bond donors (Lipinski definition) is 1. The number of aryl methyl sites for hydroxylation is 1. The van der Waals surface area contributed by atoms with E-state index in [1.165, 1.54) is 29.2 Å². The smallest absolute Gasteiger partial charge is 0.154 e. The maximum absolute atomic E-state index is 13.8. The van der Waals surface area contributed by atoms with Gasteiger partial charge in [0.15, 0.2) is 4.34 Å². The molecular formula is C12H13FN2S2. The lowest BCUT2D eigenvalue weighted by molar-refractivity contribution is 0.596. The molecule has 0 radical (unpaired) electrons. The summed E-state index contributed by atoms with van der Waals surface area (Å²) in [7, 11) is 0. The van der Waals surface area contributed by atoms with Crippen LogP contribution in [0.5, 0.6) is 0 Å². The van der Waals surface area contributed by atoms with Gasteiger partial charge in [-0.2, -0.15) is 0 Å².